The van der Waals surface area contributed by atoms with Gasteiger partial charge in [-0.3, -0.25) is 4.90 Å². The first-order chi connectivity index (χ1) is 8.11. The van der Waals surface area contributed by atoms with Crippen molar-refractivity contribution in [2.24, 2.45) is 5.73 Å². The number of hydrogen-bond donors (Lipinski definition) is 1. The highest BCUT2D eigenvalue weighted by atomic mass is 16.5. The third-order valence-electron chi connectivity index (χ3n) is 4.00. The number of methoxy groups -OCH3 is 1. The minimum absolute atomic E-state index is 0.0852. The molecule has 0 radical (unpaired) electrons. The topological polar surface area (TPSA) is 69.2 Å². The molecule has 2 N–H and O–H groups in total. The Morgan fingerprint density at radius 1 is 1.59 bits per heavy atom. The predicted molar refractivity (Wildman–Crippen MR) is 64.4 cm³/mol. The van der Waals surface area contributed by atoms with Crippen LogP contribution in [0.3, 0.4) is 0 Å². The minimum Gasteiger partial charge on any atom is -0.380 e. The van der Waals surface area contributed by atoms with Gasteiger partial charge in [0.15, 0.2) is 0 Å². The number of nitrogens with zero attached hydrogens (tertiary/aromatic N) is 4. The number of fused-ring (bicyclic) bond motifs is 1. The van der Waals surface area contributed by atoms with Crippen molar-refractivity contribution in [1.29, 1.82) is 0 Å². The number of aromatic nitrogens is 3. The van der Waals surface area contributed by atoms with Gasteiger partial charge in [0.05, 0.1) is 18.2 Å². The van der Waals surface area contributed by atoms with Crippen LogP contribution in [0.15, 0.2) is 6.33 Å². The van der Waals surface area contributed by atoms with Crippen LogP contribution in [0.2, 0.25) is 0 Å². The molecular weight excluding hydrogens is 218 g/mol. The summed E-state index contributed by atoms with van der Waals surface area (Å²) in [6, 6.07) is 0. The highest BCUT2D eigenvalue weighted by Gasteiger charge is 2.38. The van der Waals surface area contributed by atoms with Gasteiger partial charge in [0.2, 0.25) is 0 Å². The molecule has 0 aliphatic carbocycles. The predicted octanol–water partition coefficient (Wildman–Crippen LogP) is -0.154. The zero-order valence-electron chi connectivity index (χ0n) is 10.8. The first-order valence-corrected chi connectivity index (χ1v) is 5.96. The summed E-state index contributed by atoms with van der Waals surface area (Å²) >= 11 is 0. The van der Waals surface area contributed by atoms with Crippen LogP contribution in [0.1, 0.15) is 19.7 Å². The summed E-state index contributed by atoms with van der Waals surface area (Å²) < 4.78 is 7.55. The van der Waals surface area contributed by atoms with Gasteiger partial charge in [-0.05, 0) is 13.8 Å². The molecule has 0 fully saturated rings. The van der Waals surface area contributed by atoms with Gasteiger partial charge in [-0.25, -0.2) is 0 Å². The van der Waals surface area contributed by atoms with Crippen LogP contribution in [-0.4, -0.2) is 51.5 Å². The fourth-order valence-corrected chi connectivity index (χ4v) is 2.31. The summed E-state index contributed by atoms with van der Waals surface area (Å²) in [6.45, 7) is 7.41. The fourth-order valence-electron chi connectivity index (χ4n) is 2.31. The summed E-state index contributed by atoms with van der Waals surface area (Å²) in [5.74, 6) is 0.999. The van der Waals surface area contributed by atoms with Gasteiger partial charge in [-0.15, -0.1) is 10.2 Å². The molecule has 0 saturated heterocycles. The molecule has 2 heterocycles. The van der Waals surface area contributed by atoms with E-state index in [1.807, 2.05) is 0 Å². The van der Waals surface area contributed by atoms with Crippen LogP contribution in [0, 0.1) is 0 Å². The third-order valence-corrected chi connectivity index (χ3v) is 4.00. The molecule has 1 aliphatic heterocycles. The second kappa shape index (κ2) is 4.72. The Hall–Kier alpha value is -0.980. The maximum absolute atomic E-state index is 5.95. The lowest BCUT2D eigenvalue weighted by Crippen LogP contribution is -2.60. The van der Waals surface area contributed by atoms with E-state index in [0.717, 1.165) is 25.5 Å². The normalized spacial score (nSPS) is 21.9. The van der Waals surface area contributed by atoms with E-state index in [1.165, 1.54) is 0 Å². The molecule has 2 unspecified atom stereocenters. The first-order valence-electron chi connectivity index (χ1n) is 5.96. The largest absolute Gasteiger partial charge is 0.380 e. The standard InChI is InChI=1S/C11H21N5O/c1-9(17-3)11(2,7-12)16-5-4-15-8-13-14-10(15)6-16/h8-9H,4-7,12H2,1-3H3. The Labute approximate surface area is 102 Å². The summed E-state index contributed by atoms with van der Waals surface area (Å²) in [5.41, 5.74) is 5.78. The quantitative estimate of drug-likeness (QED) is 0.791. The summed E-state index contributed by atoms with van der Waals surface area (Å²) in [7, 11) is 1.73. The van der Waals surface area contributed by atoms with Crippen LogP contribution in [0.5, 0.6) is 0 Å². The number of hydrogen-bond acceptors (Lipinski definition) is 5. The van der Waals surface area contributed by atoms with Crippen LogP contribution < -0.4 is 5.73 Å². The molecule has 0 aromatic carbocycles. The molecule has 96 valence electrons. The monoisotopic (exact) mass is 239 g/mol. The Balaban J connectivity index is 2.18. The molecule has 1 aromatic heterocycles. The molecule has 6 nitrogen and oxygen atoms in total. The van der Waals surface area contributed by atoms with Crippen molar-refractivity contribution in [3.8, 4) is 0 Å². The van der Waals surface area contributed by atoms with Crippen molar-refractivity contribution in [2.45, 2.75) is 38.6 Å². The molecule has 2 rings (SSSR count). The Morgan fingerprint density at radius 3 is 3.00 bits per heavy atom. The minimum atomic E-state index is -0.161. The molecule has 1 aromatic rings. The van der Waals surface area contributed by atoms with Gasteiger partial charge in [-0.1, -0.05) is 0 Å². The molecule has 1 aliphatic rings. The Bertz CT molecular complexity index is 380. The third kappa shape index (κ3) is 2.08. The van der Waals surface area contributed by atoms with Crippen molar-refractivity contribution < 1.29 is 4.74 Å². The summed E-state index contributed by atoms with van der Waals surface area (Å²) in [6.07, 6.45) is 1.87. The molecule has 0 amide bonds. The number of rotatable bonds is 4. The van der Waals surface area contributed by atoms with Gasteiger partial charge < -0.3 is 15.0 Å². The highest BCUT2D eigenvalue weighted by Crippen LogP contribution is 2.24. The molecule has 0 bridgehead atoms. The number of nitrogens with two attached hydrogens (primary N) is 1. The number of ether oxygens (including phenoxy) is 1. The molecule has 6 heteroatoms. The van der Waals surface area contributed by atoms with E-state index in [2.05, 4.69) is 33.5 Å². The van der Waals surface area contributed by atoms with E-state index >= 15 is 0 Å². The summed E-state index contributed by atoms with van der Waals surface area (Å²) in [4.78, 5) is 2.34. The summed E-state index contributed by atoms with van der Waals surface area (Å²) in [5, 5.41) is 8.06. The van der Waals surface area contributed by atoms with Crippen LogP contribution in [0.25, 0.3) is 0 Å². The van der Waals surface area contributed by atoms with Crippen LogP contribution in [-0.2, 0) is 17.8 Å². The molecule has 0 spiro atoms. The second-order valence-corrected chi connectivity index (χ2v) is 4.80. The lowest BCUT2D eigenvalue weighted by atomic mass is 9.92. The fraction of sp³-hybridized carbons (Fsp3) is 0.818. The maximum Gasteiger partial charge on any atom is 0.147 e. The SMILES string of the molecule is COC(C)C(C)(CN)N1CCn2cnnc2C1. The van der Waals surface area contributed by atoms with Crippen molar-refractivity contribution in [3.63, 3.8) is 0 Å². The lowest BCUT2D eigenvalue weighted by Gasteiger charge is -2.45. The smallest absolute Gasteiger partial charge is 0.147 e. The van der Waals surface area contributed by atoms with Gasteiger partial charge in [0.25, 0.3) is 0 Å². The van der Waals surface area contributed by atoms with E-state index in [-0.39, 0.29) is 11.6 Å². The molecule has 2 atom stereocenters. The van der Waals surface area contributed by atoms with Crippen molar-refractivity contribution in [2.75, 3.05) is 20.2 Å². The van der Waals surface area contributed by atoms with E-state index < -0.39 is 0 Å². The van der Waals surface area contributed by atoms with Crippen molar-refractivity contribution in [1.82, 2.24) is 19.7 Å². The second-order valence-electron chi connectivity index (χ2n) is 4.80. The van der Waals surface area contributed by atoms with Gasteiger partial charge in [0, 0.05) is 26.7 Å². The maximum atomic E-state index is 5.95. The van der Waals surface area contributed by atoms with Crippen LogP contribution >= 0.6 is 0 Å². The Morgan fingerprint density at radius 2 is 2.35 bits per heavy atom. The average molecular weight is 239 g/mol. The molecular formula is C11H21N5O. The zero-order chi connectivity index (χ0) is 12.5. The Kier molecular flexibility index (Phi) is 3.46. The van der Waals surface area contributed by atoms with Crippen molar-refractivity contribution >= 4 is 0 Å². The molecule has 17 heavy (non-hydrogen) atoms. The van der Waals surface area contributed by atoms with Gasteiger partial charge in [-0.2, -0.15) is 0 Å². The average Bonchev–Trinajstić information content (AvgIpc) is 2.83. The van der Waals surface area contributed by atoms with Gasteiger partial charge >= 0.3 is 0 Å². The van der Waals surface area contributed by atoms with E-state index in [4.69, 9.17) is 10.5 Å². The highest BCUT2D eigenvalue weighted by molar-refractivity contribution is 4.99. The van der Waals surface area contributed by atoms with Crippen LogP contribution in [0.4, 0.5) is 0 Å². The van der Waals surface area contributed by atoms with E-state index in [0.29, 0.717) is 6.54 Å². The molecule has 0 saturated carbocycles. The van der Waals surface area contributed by atoms with Crippen molar-refractivity contribution in [3.05, 3.63) is 12.2 Å². The zero-order valence-corrected chi connectivity index (χ0v) is 10.8. The van der Waals surface area contributed by atoms with Gasteiger partial charge in [0.1, 0.15) is 12.2 Å². The lowest BCUT2D eigenvalue weighted by molar-refractivity contribution is -0.0433. The first kappa shape index (κ1) is 12.5. The van der Waals surface area contributed by atoms with E-state index in [1.54, 1.807) is 13.4 Å². The van der Waals surface area contributed by atoms with E-state index in [9.17, 15) is 0 Å².